The van der Waals surface area contributed by atoms with Crippen LogP contribution in [0.15, 0.2) is 53.4 Å². The molecule has 1 N–H and O–H groups in total. The third-order valence-electron chi connectivity index (χ3n) is 6.62. The van der Waals surface area contributed by atoms with E-state index in [2.05, 4.69) is 64.7 Å². The summed E-state index contributed by atoms with van der Waals surface area (Å²) in [5.41, 5.74) is 6.60. The first-order valence-corrected chi connectivity index (χ1v) is 12.4. The molecule has 32 heavy (non-hydrogen) atoms. The number of piperidine rings is 1. The van der Waals surface area contributed by atoms with Crippen molar-refractivity contribution in [2.75, 3.05) is 19.6 Å². The van der Waals surface area contributed by atoms with Crippen molar-refractivity contribution in [3.05, 3.63) is 70.9 Å². The van der Waals surface area contributed by atoms with Crippen LogP contribution in [0.4, 0.5) is 0 Å². The smallest absolute Gasteiger partial charge is 0.272 e. The maximum Gasteiger partial charge on any atom is 0.272 e. The van der Waals surface area contributed by atoms with Gasteiger partial charge in [-0.15, -0.1) is 11.8 Å². The standard InChI is InChI=1S/C26H30N4OS/c1-18-6-5-7-20(14-18)16-30-12-10-19(11-13-30)15-27-26(31)24-22-17-32-23-9-4-3-8-21(23)25(22)29(2)28-24/h3-9,14,19H,10-13,15-17H2,1-2H3,(H,27,31). The van der Waals surface area contributed by atoms with Gasteiger partial charge in [-0.05, 0) is 50.4 Å². The van der Waals surface area contributed by atoms with E-state index in [1.54, 1.807) is 11.8 Å². The molecule has 1 fully saturated rings. The molecule has 2 aromatic carbocycles. The van der Waals surface area contributed by atoms with E-state index in [1.807, 2.05) is 17.8 Å². The highest BCUT2D eigenvalue weighted by molar-refractivity contribution is 7.98. The monoisotopic (exact) mass is 446 g/mol. The lowest BCUT2D eigenvalue weighted by atomic mass is 9.96. The van der Waals surface area contributed by atoms with E-state index in [1.165, 1.54) is 21.6 Å². The molecule has 1 aromatic heterocycles. The van der Waals surface area contributed by atoms with Gasteiger partial charge in [0.05, 0.1) is 5.69 Å². The number of hydrogen-bond acceptors (Lipinski definition) is 4. The molecule has 3 aromatic rings. The van der Waals surface area contributed by atoms with E-state index in [0.29, 0.717) is 11.6 Å². The Balaban J connectivity index is 1.17. The van der Waals surface area contributed by atoms with Crippen molar-refractivity contribution in [3.63, 3.8) is 0 Å². The highest BCUT2D eigenvalue weighted by Gasteiger charge is 2.28. The molecule has 0 bridgehead atoms. The average molecular weight is 447 g/mol. The second kappa shape index (κ2) is 9.12. The fourth-order valence-corrected chi connectivity index (χ4v) is 5.97. The van der Waals surface area contributed by atoms with Gasteiger partial charge in [0.2, 0.25) is 0 Å². The number of hydrogen-bond donors (Lipinski definition) is 1. The fraction of sp³-hybridized carbons (Fsp3) is 0.385. The number of likely N-dealkylation sites (tertiary alicyclic amines) is 1. The number of aryl methyl sites for hydroxylation is 2. The second-order valence-corrected chi connectivity index (χ2v) is 10.0. The number of rotatable bonds is 5. The molecule has 0 spiro atoms. The van der Waals surface area contributed by atoms with Crippen molar-refractivity contribution in [1.82, 2.24) is 20.0 Å². The van der Waals surface area contributed by atoms with Gasteiger partial charge in [-0.3, -0.25) is 14.4 Å². The summed E-state index contributed by atoms with van der Waals surface area (Å²) in [7, 11) is 1.94. The SMILES string of the molecule is Cc1cccc(CN2CCC(CNC(=O)c3nn(C)c4c3CSc3ccccc3-4)CC2)c1. The summed E-state index contributed by atoms with van der Waals surface area (Å²) < 4.78 is 1.87. The highest BCUT2D eigenvalue weighted by Crippen LogP contribution is 2.42. The molecule has 0 radical (unpaired) electrons. The van der Waals surface area contributed by atoms with Crippen molar-refractivity contribution < 1.29 is 4.79 Å². The molecule has 1 amide bonds. The van der Waals surface area contributed by atoms with Crippen LogP contribution >= 0.6 is 11.8 Å². The topological polar surface area (TPSA) is 50.2 Å². The van der Waals surface area contributed by atoms with Crippen molar-refractivity contribution in [3.8, 4) is 11.3 Å². The van der Waals surface area contributed by atoms with Crippen LogP contribution in [0, 0.1) is 12.8 Å². The van der Waals surface area contributed by atoms with Crippen LogP contribution in [0.1, 0.15) is 40.0 Å². The third-order valence-corrected chi connectivity index (χ3v) is 7.72. The first-order valence-electron chi connectivity index (χ1n) is 11.4. The lowest BCUT2D eigenvalue weighted by Crippen LogP contribution is -2.38. The van der Waals surface area contributed by atoms with Crippen molar-refractivity contribution in [1.29, 1.82) is 0 Å². The van der Waals surface area contributed by atoms with Gasteiger partial charge in [-0.2, -0.15) is 5.10 Å². The van der Waals surface area contributed by atoms with E-state index in [9.17, 15) is 4.79 Å². The minimum atomic E-state index is -0.0379. The number of amides is 1. The molecule has 1 saturated heterocycles. The zero-order chi connectivity index (χ0) is 22.1. The number of carbonyl (C=O) groups is 1. The molecule has 0 aliphatic carbocycles. The number of benzene rings is 2. The molecule has 2 aliphatic rings. The summed E-state index contributed by atoms with van der Waals surface area (Å²) in [5, 5.41) is 7.79. The Morgan fingerprint density at radius 1 is 1.16 bits per heavy atom. The largest absolute Gasteiger partial charge is 0.350 e. The number of carbonyl (C=O) groups excluding carboxylic acids is 1. The van der Waals surface area contributed by atoms with Crippen LogP contribution in [-0.2, 0) is 19.3 Å². The van der Waals surface area contributed by atoms with Gasteiger partial charge >= 0.3 is 0 Å². The molecule has 166 valence electrons. The molecule has 0 saturated carbocycles. The lowest BCUT2D eigenvalue weighted by Gasteiger charge is -2.32. The number of nitrogens with zero attached hydrogens (tertiary/aromatic N) is 3. The lowest BCUT2D eigenvalue weighted by molar-refractivity contribution is 0.0929. The summed E-state index contributed by atoms with van der Waals surface area (Å²) in [5.74, 6) is 1.28. The molecular weight excluding hydrogens is 416 g/mol. The van der Waals surface area contributed by atoms with Crippen LogP contribution in [-0.4, -0.2) is 40.2 Å². The first-order chi connectivity index (χ1) is 15.6. The maximum atomic E-state index is 13.0. The van der Waals surface area contributed by atoms with E-state index < -0.39 is 0 Å². The van der Waals surface area contributed by atoms with Crippen LogP contribution in [0.2, 0.25) is 0 Å². The van der Waals surface area contributed by atoms with E-state index in [4.69, 9.17) is 0 Å². The summed E-state index contributed by atoms with van der Waals surface area (Å²) in [6, 6.07) is 17.1. The first kappa shape index (κ1) is 21.3. The molecule has 5 nitrogen and oxygen atoms in total. The predicted octanol–water partition coefficient (Wildman–Crippen LogP) is 4.64. The second-order valence-electron chi connectivity index (χ2n) is 9.00. The van der Waals surface area contributed by atoms with Gasteiger partial charge in [-0.1, -0.05) is 48.0 Å². The van der Waals surface area contributed by atoms with Gasteiger partial charge in [0, 0.05) is 41.9 Å². The van der Waals surface area contributed by atoms with Crippen molar-refractivity contribution in [2.24, 2.45) is 13.0 Å². The molecular formula is C26H30N4OS. The quantitative estimate of drug-likeness (QED) is 0.620. The summed E-state index contributed by atoms with van der Waals surface area (Å²) in [6.07, 6.45) is 2.24. The van der Waals surface area contributed by atoms with E-state index >= 15 is 0 Å². The highest BCUT2D eigenvalue weighted by atomic mass is 32.2. The predicted molar refractivity (Wildman–Crippen MR) is 130 cm³/mol. The zero-order valence-electron chi connectivity index (χ0n) is 18.8. The van der Waals surface area contributed by atoms with Crippen LogP contribution in [0.5, 0.6) is 0 Å². The summed E-state index contributed by atoms with van der Waals surface area (Å²) in [4.78, 5) is 16.8. The maximum absolute atomic E-state index is 13.0. The Bertz CT molecular complexity index is 1130. The van der Waals surface area contributed by atoms with E-state index in [-0.39, 0.29) is 5.91 Å². The number of fused-ring (bicyclic) bond motifs is 3. The summed E-state index contributed by atoms with van der Waals surface area (Å²) in [6.45, 7) is 6.06. The normalized spacial score (nSPS) is 16.4. The minimum Gasteiger partial charge on any atom is -0.350 e. The molecule has 2 aliphatic heterocycles. The van der Waals surface area contributed by atoms with Gasteiger partial charge in [0.15, 0.2) is 5.69 Å². The molecule has 5 rings (SSSR count). The van der Waals surface area contributed by atoms with Crippen molar-refractivity contribution >= 4 is 17.7 Å². The third kappa shape index (κ3) is 4.34. The molecule has 0 unspecified atom stereocenters. The van der Waals surface area contributed by atoms with Gasteiger partial charge in [-0.25, -0.2) is 0 Å². The fourth-order valence-electron chi connectivity index (χ4n) is 4.90. The van der Waals surface area contributed by atoms with Gasteiger partial charge < -0.3 is 5.32 Å². The number of nitrogens with one attached hydrogen (secondary N) is 1. The van der Waals surface area contributed by atoms with Gasteiger partial charge in [0.25, 0.3) is 5.91 Å². The number of aromatic nitrogens is 2. The van der Waals surface area contributed by atoms with Gasteiger partial charge in [0.1, 0.15) is 0 Å². The Morgan fingerprint density at radius 2 is 1.97 bits per heavy atom. The molecule has 3 heterocycles. The van der Waals surface area contributed by atoms with Crippen LogP contribution in [0.25, 0.3) is 11.3 Å². The number of thioether (sulfide) groups is 1. The van der Waals surface area contributed by atoms with Crippen molar-refractivity contribution in [2.45, 2.75) is 37.0 Å². The Labute approximate surface area is 194 Å². The zero-order valence-corrected chi connectivity index (χ0v) is 19.6. The molecule has 6 heteroatoms. The van der Waals surface area contributed by atoms with Crippen LogP contribution < -0.4 is 5.32 Å². The Morgan fingerprint density at radius 3 is 2.78 bits per heavy atom. The molecule has 0 atom stereocenters. The van der Waals surface area contributed by atoms with E-state index in [0.717, 1.165) is 56.0 Å². The average Bonchev–Trinajstić information content (AvgIpc) is 3.15. The minimum absolute atomic E-state index is 0.0379. The Hall–Kier alpha value is -2.57. The van der Waals surface area contributed by atoms with Crippen LogP contribution in [0.3, 0.4) is 0 Å². The summed E-state index contributed by atoms with van der Waals surface area (Å²) >= 11 is 1.79. The Kier molecular flexibility index (Phi) is 6.07.